The maximum Gasteiger partial charge on any atom is 0.362 e. The molecule has 0 radical (unpaired) electrons. The van der Waals surface area contributed by atoms with Crippen LogP contribution in [0.5, 0.6) is 5.75 Å². The highest BCUT2D eigenvalue weighted by Gasteiger charge is 2.17. The SMILES string of the molecule is CCOC(=O)/C(N=Nc1ccc(OC)cc1[N+](=O)[O-])=C(/C)O. The quantitative estimate of drug-likeness (QED) is 0.215. The smallest absolute Gasteiger partial charge is 0.362 e. The number of hydrogen-bond acceptors (Lipinski definition) is 8. The van der Waals surface area contributed by atoms with E-state index in [2.05, 4.69) is 10.2 Å². The summed E-state index contributed by atoms with van der Waals surface area (Å²) in [6.07, 6.45) is 0. The Labute approximate surface area is 126 Å². The van der Waals surface area contributed by atoms with Crippen LogP contribution in [-0.2, 0) is 9.53 Å². The van der Waals surface area contributed by atoms with Gasteiger partial charge in [-0.25, -0.2) is 4.79 Å². The molecule has 0 amide bonds. The minimum absolute atomic E-state index is 0.0890. The van der Waals surface area contributed by atoms with Crippen LogP contribution in [0.15, 0.2) is 39.9 Å². The number of methoxy groups -OCH3 is 1. The van der Waals surface area contributed by atoms with Crippen LogP contribution < -0.4 is 4.74 Å². The minimum Gasteiger partial charge on any atom is -0.510 e. The van der Waals surface area contributed by atoms with Crippen molar-refractivity contribution in [1.82, 2.24) is 0 Å². The normalized spacial score (nSPS) is 12.0. The third-order valence-corrected chi connectivity index (χ3v) is 2.45. The van der Waals surface area contributed by atoms with Gasteiger partial charge in [-0.05, 0) is 26.0 Å². The molecule has 0 aliphatic carbocycles. The number of carbonyl (C=O) groups is 1. The number of allylic oxidation sites excluding steroid dienone is 1. The predicted octanol–water partition coefficient (Wildman–Crippen LogP) is 3.04. The summed E-state index contributed by atoms with van der Waals surface area (Å²) in [5.41, 5.74) is -0.859. The third kappa shape index (κ3) is 4.27. The van der Waals surface area contributed by atoms with Gasteiger partial charge in [0.25, 0.3) is 5.69 Å². The number of aliphatic hydroxyl groups excluding tert-OH is 1. The lowest BCUT2D eigenvalue weighted by atomic mass is 10.2. The summed E-state index contributed by atoms with van der Waals surface area (Å²) in [6.45, 7) is 2.91. The molecule has 1 rings (SSSR count). The zero-order valence-electron chi connectivity index (χ0n) is 12.3. The molecule has 118 valence electrons. The Bertz CT molecular complexity index is 635. The molecule has 0 aliphatic rings. The molecule has 9 nitrogen and oxygen atoms in total. The Morgan fingerprint density at radius 2 is 2.14 bits per heavy atom. The van der Waals surface area contributed by atoms with Crippen molar-refractivity contribution < 1.29 is 24.3 Å². The van der Waals surface area contributed by atoms with E-state index in [-0.39, 0.29) is 23.7 Å². The van der Waals surface area contributed by atoms with E-state index in [9.17, 15) is 20.0 Å². The van der Waals surface area contributed by atoms with Gasteiger partial charge >= 0.3 is 5.97 Å². The zero-order chi connectivity index (χ0) is 16.7. The van der Waals surface area contributed by atoms with Gasteiger partial charge in [0.2, 0.25) is 5.70 Å². The lowest BCUT2D eigenvalue weighted by Gasteiger charge is -2.03. The molecule has 1 aromatic carbocycles. The summed E-state index contributed by atoms with van der Waals surface area (Å²) in [5, 5.41) is 27.6. The highest BCUT2D eigenvalue weighted by Crippen LogP contribution is 2.32. The zero-order valence-corrected chi connectivity index (χ0v) is 12.3. The number of ether oxygens (including phenoxy) is 2. The van der Waals surface area contributed by atoms with E-state index >= 15 is 0 Å². The molecule has 0 atom stereocenters. The van der Waals surface area contributed by atoms with Crippen LogP contribution in [0.2, 0.25) is 0 Å². The Balaban J connectivity index is 3.19. The first-order valence-electron chi connectivity index (χ1n) is 6.21. The lowest BCUT2D eigenvalue weighted by Crippen LogP contribution is -2.07. The van der Waals surface area contributed by atoms with Crippen molar-refractivity contribution in [2.24, 2.45) is 10.2 Å². The number of carbonyl (C=O) groups excluding carboxylic acids is 1. The van der Waals surface area contributed by atoms with Crippen LogP contribution in [0.4, 0.5) is 11.4 Å². The van der Waals surface area contributed by atoms with Gasteiger partial charge in [0.1, 0.15) is 11.5 Å². The summed E-state index contributed by atoms with van der Waals surface area (Å²) >= 11 is 0. The fourth-order valence-corrected chi connectivity index (χ4v) is 1.43. The Hall–Kier alpha value is -2.97. The molecule has 0 fully saturated rings. The number of nitrogens with zero attached hydrogens (tertiary/aromatic N) is 3. The second-order valence-corrected chi connectivity index (χ2v) is 3.97. The van der Waals surface area contributed by atoms with Crippen molar-refractivity contribution in [2.45, 2.75) is 13.8 Å². The third-order valence-electron chi connectivity index (χ3n) is 2.45. The van der Waals surface area contributed by atoms with Gasteiger partial charge in [0.15, 0.2) is 5.69 Å². The highest BCUT2D eigenvalue weighted by molar-refractivity contribution is 5.88. The van der Waals surface area contributed by atoms with Crippen molar-refractivity contribution in [1.29, 1.82) is 0 Å². The van der Waals surface area contributed by atoms with Gasteiger partial charge in [-0.2, -0.15) is 0 Å². The van der Waals surface area contributed by atoms with Gasteiger partial charge in [0.05, 0.1) is 24.7 Å². The number of azo groups is 1. The van der Waals surface area contributed by atoms with E-state index < -0.39 is 22.3 Å². The topological polar surface area (TPSA) is 124 Å². The molecule has 0 unspecified atom stereocenters. The first-order valence-corrected chi connectivity index (χ1v) is 6.21. The molecular weight excluding hydrogens is 294 g/mol. The second kappa shape index (κ2) is 7.72. The molecular formula is C13H15N3O6. The first kappa shape index (κ1) is 17.1. The molecule has 0 spiro atoms. The average molecular weight is 309 g/mol. The summed E-state index contributed by atoms with van der Waals surface area (Å²) in [7, 11) is 1.37. The Kier molecular flexibility index (Phi) is 5.99. The number of nitro groups is 1. The van der Waals surface area contributed by atoms with Gasteiger partial charge in [-0.15, -0.1) is 10.2 Å². The Morgan fingerprint density at radius 1 is 1.45 bits per heavy atom. The van der Waals surface area contributed by atoms with Gasteiger partial charge < -0.3 is 14.6 Å². The second-order valence-electron chi connectivity index (χ2n) is 3.97. The molecule has 0 aliphatic heterocycles. The minimum atomic E-state index is -0.873. The maximum absolute atomic E-state index is 11.6. The summed E-state index contributed by atoms with van der Waals surface area (Å²) in [6, 6.07) is 3.95. The Morgan fingerprint density at radius 3 is 2.64 bits per heavy atom. The predicted molar refractivity (Wildman–Crippen MR) is 76.1 cm³/mol. The number of benzene rings is 1. The van der Waals surface area contributed by atoms with Crippen molar-refractivity contribution in [3.05, 3.63) is 39.8 Å². The molecule has 9 heteroatoms. The van der Waals surface area contributed by atoms with Crippen LogP contribution in [0, 0.1) is 10.1 Å². The van der Waals surface area contributed by atoms with Crippen molar-refractivity contribution >= 4 is 17.3 Å². The lowest BCUT2D eigenvalue weighted by molar-refractivity contribution is -0.384. The molecule has 0 heterocycles. The monoisotopic (exact) mass is 309 g/mol. The van der Waals surface area contributed by atoms with Crippen molar-refractivity contribution in [3.63, 3.8) is 0 Å². The largest absolute Gasteiger partial charge is 0.510 e. The van der Waals surface area contributed by atoms with E-state index in [4.69, 9.17) is 9.47 Å². The van der Waals surface area contributed by atoms with E-state index in [1.54, 1.807) is 6.92 Å². The van der Waals surface area contributed by atoms with E-state index in [1.807, 2.05) is 0 Å². The number of aliphatic hydroxyl groups is 1. The summed E-state index contributed by atoms with van der Waals surface area (Å²) in [5.74, 6) is -0.995. The maximum atomic E-state index is 11.6. The van der Waals surface area contributed by atoms with Crippen LogP contribution in [0.25, 0.3) is 0 Å². The number of esters is 1. The molecule has 0 saturated heterocycles. The fraction of sp³-hybridized carbons (Fsp3) is 0.308. The average Bonchev–Trinajstić information content (AvgIpc) is 2.47. The fourth-order valence-electron chi connectivity index (χ4n) is 1.43. The molecule has 1 N–H and O–H groups in total. The van der Waals surface area contributed by atoms with Crippen molar-refractivity contribution in [2.75, 3.05) is 13.7 Å². The van der Waals surface area contributed by atoms with E-state index in [1.165, 1.54) is 32.2 Å². The molecule has 22 heavy (non-hydrogen) atoms. The van der Waals surface area contributed by atoms with Gasteiger partial charge in [-0.3, -0.25) is 10.1 Å². The van der Waals surface area contributed by atoms with Crippen LogP contribution in [0.3, 0.4) is 0 Å². The standard InChI is InChI=1S/C13H15N3O6/c1-4-22-13(18)12(8(2)17)15-14-10-6-5-9(21-3)7-11(10)16(19)20/h5-7,17H,4H2,1-3H3/b12-8+,15-14?. The van der Waals surface area contributed by atoms with Crippen molar-refractivity contribution in [3.8, 4) is 5.75 Å². The molecule has 0 saturated carbocycles. The molecule has 1 aromatic rings. The number of hydrogen-bond donors (Lipinski definition) is 1. The van der Waals surface area contributed by atoms with Crippen LogP contribution in [0.1, 0.15) is 13.8 Å². The molecule has 0 bridgehead atoms. The van der Waals surface area contributed by atoms with Gasteiger partial charge in [-0.1, -0.05) is 0 Å². The van der Waals surface area contributed by atoms with Crippen LogP contribution in [-0.4, -0.2) is 29.7 Å². The first-order chi connectivity index (χ1) is 10.4. The summed E-state index contributed by atoms with van der Waals surface area (Å²) in [4.78, 5) is 21.9. The van der Waals surface area contributed by atoms with E-state index in [0.717, 1.165) is 0 Å². The molecule has 0 aromatic heterocycles. The van der Waals surface area contributed by atoms with Crippen LogP contribution >= 0.6 is 0 Å². The highest BCUT2D eigenvalue weighted by atomic mass is 16.6. The number of rotatable bonds is 6. The van der Waals surface area contributed by atoms with E-state index in [0.29, 0.717) is 0 Å². The summed E-state index contributed by atoms with van der Waals surface area (Å²) < 4.78 is 9.60. The van der Waals surface area contributed by atoms with Gasteiger partial charge in [0, 0.05) is 0 Å². The number of nitro benzene ring substituents is 1.